The van der Waals surface area contributed by atoms with Crippen LogP contribution < -0.4 is 0 Å². The first-order valence-corrected chi connectivity index (χ1v) is 7.22. The lowest BCUT2D eigenvalue weighted by atomic mass is 10.1. The summed E-state index contributed by atoms with van der Waals surface area (Å²) in [6.07, 6.45) is 8.38. The number of oxime groups is 1. The van der Waals surface area contributed by atoms with Crippen LogP contribution in [0.15, 0.2) is 29.7 Å². The van der Waals surface area contributed by atoms with Crippen molar-refractivity contribution in [3.8, 4) is 0 Å². The minimum absolute atomic E-state index is 0. The van der Waals surface area contributed by atoms with Gasteiger partial charge in [-0.1, -0.05) is 23.2 Å². The van der Waals surface area contributed by atoms with E-state index < -0.39 is 0 Å². The normalized spacial score (nSPS) is 16.6. The van der Waals surface area contributed by atoms with Crippen molar-refractivity contribution < 1.29 is 4.84 Å². The topological polar surface area (TPSA) is 37.7 Å². The number of pyridine rings is 1. The smallest absolute Gasteiger partial charge is 0.177 e. The van der Waals surface area contributed by atoms with Crippen molar-refractivity contribution in [2.45, 2.75) is 25.7 Å². The van der Waals surface area contributed by atoms with E-state index in [0.717, 1.165) is 18.5 Å². The molecular weight excluding hydrogens is 297 g/mol. The first-order chi connectivity index (χ1) is 9.36. The minimum Gasteiger partial charge on any atom is -0.395 e. The second-order valence-electron chi connectivity index (χ2n) is 4.71. The number of hydrogen-bond donors (Lipinski definition) is 0. The van der Waals surface area contributed by atoms with Crippen LogP contribution in [-0.2, 0) is 4.84 Å². The van der Waals surface area contributed by atoms with Crippen molar-refractivity contribution in [2.75, 3.05) is 26.2 Å². The summed E-state index contributed by atoms with van der Waals surface area (Å²) >= 11 is 6.01. The molecule has 1 saturated heterocycles. The fourth-order valence-corrected chi connectivity index (χ4v) is 2.34. The molecule has 0 spiro atoms. The van der Waals surface area contributed by atoms with Gasteiger partial charge >= 0.3 is 0 Å². The summed E-state index contributed by atoms with van der Waals surface area (Å²) in [5.74, 6) is 0. The van der Waals surface area contributed by atoms with Crippen molar-refractivity contribution >= 4 is 29.2 Å². The first kappa shape index (κ1) is 17.2. The molecule has 2 rings (SSSR count). The third kappa shape index (κ3) is 6.07. The molecule has 4 nitrogen and oxygen atoms in total. The highest BCUT2D eigenvalue weighted by Crippen LogP contribution is 2.09. The van der Waals surface area contributed by atoms with Crippen LogP contribution in [0.3, 0.4) is 0 Å². The Kier molecular flexibility index (Phi) is 8.58. The monoisotopic (exact) mass is 317 g/mol. The van der Waals surface area contributed by atoms with Gasteiger partial charge < -0.3 is 9.74 Å². The average molecular weight is 318 g/mol. The standard InChI is InChI=1S/C14H20ClN3O.ClH/c15-14(13-6-4-7-16-12-13)17-19-11-5-10-18-8-2-1-3-9-18;/h4,6-7,12H,1-3,5,8-11H2;1H/b17-14-;. The van der Waals surface area contributed by atoms with E-state index in [1.54, 1.807) is 12.4 Å². The fourth-order valence-electron chi connectivity index (χ4n) is 2.18. The summed E-state index contributed by atoms with van der Waals surface area (Å²) < 4.78 is 0. The molecular formula is C14H21Cl2N3O. The van der Waals surface area contributed by atoms with Crippen molar-refractivity contribution in [3.05, 3.63) is 30.1 Å². The Morgan fingerprint density at radius 2 is 2.15 bits per heavy atom. The average Bonchev–Trinajstić information content (AvgIpc) is 2.49. The van der Waals surface area contributed by atoms with Crippen molar-refractivity contribution in [1.29, 1.82) is 0 Å². The Hall–Kier alpha value is -0.840. The van der Waals surface area contributed by atoms with Gasteiger partial charge in [0.25, 0.3) is 0 Å². The van der Waals surface area contributed by atoms with Gasteiger partial charge in [0.1, 0.15) is 6.61 Å². The van der Waals surface area contributed by atoms with Crippen LogP contribution in [0.2, 0.25) is 0 Å². The SMILES string of the molecule is Cl.Cl/C(=N\OCCCN1CCCCC1)c1cccnc1. The Balaban J connectivity index is 0.00000200. The van der Waals surface area contributed by atoms with Gasteiger partial charge in [-0.3, -0.25) is 4.98 Å². The summed E-state index contributed by atoms with van der Waals surface area (Å²) in [6.45, 7) is 4.13. The lowest BCUT2D eigenvalue weighted by Crippen LogP contribution is -2.31. The highest BCUT2D eigenvalue weighted by molar-refractivity contribution is 6.69. The van der Waals surface area contributed by atoms with E-state index in [0.29, 0.717) is 11.8 Å². The van der Waals surface area contributed by atoms with Crippen LogP contribution in [-0.4, -0.2) is 41.3 Å². The second-order valence-corrected chi connectivity index (χ2v) is 5.07. The van der Waals surface area contributed by atoms with Gasteiger partial charge in [-0.25, -0.2) is 0 Å². The fraction of sp³-hybridized carbons (Fsp3) is 0.571. The Bertz CT molecular complexity index is 395. The third-order valence-corrected chi connectivity index (χ3v) is 3.49. The van der Waals surface area contributed by atoms with E-state index in [-0.39, 0.29) is 12.4 Å². The van der Waals surface area contributed by atoms with Gasteiger partial charge in [0.15, 0.2) is 5.17 Å². The van der Waals surface area contributed by atoms with E-state index in [9.17, 15) is 0 Å². The maximum atomic E-state index is 6.01. The summed E-state index contributed by atoms with van der Waals surface area (Å²) in [6, 6.07) is 3.68. The largest absolute Gasteiger partial charge is 0.395 e. The number of rotatable bonds is 6. The van der Waals surface area contributed by atoms with E-state index in [4.69, 9.17) is 16.4 Å². The van der Waals surface area contributed by atoms with Crippen molar-refractivity contribution in [2.24, 2.45) is 5.16 Å². The van der Waals surface area contributed by atoms with E-state index in [1.165, 1.54) is 32.4 Å². The summed E-state index contributed by atoms with van der Waals surface area (Å²) in [4.78, 5) is 11.7. The van der Waals surface area contributed by atoms with Gasteiger partial charge in [0, 0.05) is 24.5 Å². The summed E-state index contributed by atoms with van der Waals surface area (Å²) in [7, 11) is 0. The predicted octanol–water partition coefficient (Wildman–Crippen LogP) is 3.30. The lowest BCUT2D eigenvalue weighted by molar-refractivity contribution is 0.125. The maximum Gasteiger partial charge on any atom is 0.177 e. The molecule has 1 aliphatic rings. The van der Waals surface area contributed by atoms with E-state index in [1.807, 2.05) is 12.1 Å². The molecule has 0 amide bonds. The quantitative estimate of drug-likeness (QED) is 0.459. The molecule has 0 unspecified atom stereocenters. The second kappa shape index (κ2) is 9.97. The number of hydrogen-bond acceptors (Lipinski definition) is 4. The minimum atomic E-state index is 0. The molecule has 0 aliphatic carbocycles. The number of likely N-dealkylation sites (tertiary alicyclic amines) is 1. The van der Waals surface area contributed by atoms with Crippen LogP contribution in [0.5, 0.6) is 0 Å². The van der Waals surface area contributed by atoms with Gasteiger partial charge in [-0.2, -0.15) is 0 Å². The lowest BCUT2D eigenvalue weighted by Gasteiger charge is -2.25. The van der Waals surface area contributed by atoms with Crippen molar-refractivity contribution in [1.82, 2.24) is 9.88 Å². The molecule has 1 aliphatic heterocycles. The Morgan fingerprint density at radius 3 is 2.85 bits per heavy atom. The Labute approximate surface area is 131 Å². The van der Waals surface area contributed by atoms with Crippen LogP contribution in [0, 0.1) is 0 Å². The zero-order valence-electron chi connectivity index (χ0n) is 11.5. The van der Waals surface area contributed by atoms with Crippen LogP contribution >= 0.6 is 24.0 Å². The van der Waals surface area contributed by atoms with Crippen molar-refractivity contribution in [3.63, 3.8) is 0 Å². The zero-order chi connectivity index (χ0) is 13.3. The van der Waals surface area contributed by atoms with Gasteiger partial charge in [0.05, 0.1) is 0 Å². The van der Waals surface area contributed by atoms with Gasteiger partial charge in [0.2, 0.25) is 0 Å². The molecule has 112 valence electrons. The van der Waals surface area contributed by atoms with Crippen LogP contribution in [0.25, 0.3) is 0 Å². The number of piperidine rings is 1. The first-order valence-electron chi connectivity index (χ1n) is 6.84. The molecule has 0 saturated carbocycles. The van der Waals surface area contributed by atoms with E-state index in [2.05, 4.69) is 15.0 Å². The zero-order valence-corrected chi connectivity index (χ0v) is 13.1. The van der Waals surface area contributed by atoms with Crippen LogP contribution in [0.1, 0.15) is 31.2 Å². The van der Waals surface area contributed by atoms with Crippen LogP contribution in [0.4, 0.5) is 0 Å². The summed E-state index contributed by atoms with van der Waals surface area (Å²) in [5.41, 5.74) is 0.778. The van der Waals surface area contributed by atoms with E-state index >= 15 is 0 Å². The maximum absolute atomic E-state index is 6.01. The molecule has 0 N–H and O–H groups in total. The number of halogens is 2. The molecule has 1 aromatic rings. The number of aromatic nitrogens is 1. The third-order valence-electron chi connectivity index (χ3n) is 3.20. The summed E-state index contributed by atoms with van der Waals surface area (Å²) in [5, 5.41) is 4.25. The molecule has 1 aromatic heterocycles. The predicted molar refractivity (Wildman–Crippen MR) is 84.7 cm³/mol. The highest BCUT2D eigenvalue weighted by Gasteiger charge is 2.08. The highest BCUT2D eigenvalue weighted by atomic mass is 35.5. The molecule has 0 radical (unpaired) electrons. The van der Waals surface area contributed by atoms with Gasteiger partial charge in [-0.15, -0.1) is 12.4 Å². The molecule has 20 heavy (non-hydrogen) atoms. The number of nitrogens with zero attached hydrogens (tertiary/aromatic N) is 3. The molecule has 0 atom stereocenters. The molecule has 1 fully saturated rings. The Morgan fingerprint density at radius 1 is 1.35 bits per heavy atom. The molecule has 6 heteroatoms. The molecule has 0 bridgehead atoms. The van der Waals surface area contributed by atoms with Gasteiger partial charge in [-0.05, 0) is 44.5 Å². The molecule has 2 heterocycles. The molecule has 0 aromatic carbocycles.